The monoisotopic (exact) mass is 311 g/mol. The Kier molecular flexibility index (Phi) is 6.29. The Balaban J connectivity index is 2.06. The van der Waals surface area contributed by atoms with E-state index in [0.29, 0.717) is 13.1 Å². The number of benzene rings is 1. The summed E-state index contributed by atoms with van der Waals surface area (Å²) >= 11 is 0. The van der Waals surface area contributed by atoms with Gasteiger partial charge in [0.2, 0.25) is 0 Å². The summed E-state index contributed by atoms with van der Waals surface area (Å²) in [6.07, 6.45) is 5.89. The van der Waals surface area contributed by atoms with E-state index in [1.54, 1.807) is 4.90 Å². The fourth-order valence-electron chi connectivity index (χ4n) is 2.13. The zero-order valence-corrected chi connectivity index (χ0v) is 13.2. The summed E-state index contributed by atoms with van der Waals surface area (Å²) in [6.45, 7) is 3.25. The van der Waals surface area contributed by atoms with E-state index in [-0.39, 0.29) is 17.2 Å². The highest BCUT2D eigenvalue weighted by atomic mass is 16.2. The van der Waals surface area contributed by atoms with Gasteiger partial charge in [0.05, 0.1) is 0 Å². The molecule has 2 rings (SSSR count). The SMILES string of the molecule is CCCCN(C/C=C/c1ccccc1)C(=O)c1ccc(=O)[nH]n1. The van der Waals surface area contributed by atoms with Crippen molar-refractivity contribution < 1.29 is 4.79 Å². The molecule has 0 aliphatic carbocycles. The Morgan fingerprint density at radius 2 is 2.00 bits per heavy atom. The lowest BCUT2D eigenvalue weighted by atomic mass is 10.2. The maximum atomic E-state index is 12.5. The average molecular weight is 311 g/mol. The molecule has 5 nitrogen and oxygen atoms in total. The normalized spacial score (nSPS) is 10.8. The van der Waals surface area contributed by atoms with E-state index >= 15 is 0 Å². The van der Waals surface area contributed by atoms with Crippen LogP contribution in [0.25, 0.3) is 6.08 Å². The molecule has 1 aromatic carbocycles. The highest BCUT2D eigenvalue weighted by Gasteiger charge is 2.15. The number of amides is 1. The summed E-state index contributed by atoms with van der Waals surface area (Å²) in [5.41, 5.74) is 1.04. The van der Waals surface area contributed by atoms with Gasteiger partial charge in [0.25, 0.3) is 11.5 Å². The van der Waals surface area contributed by atoms with Gasteiger partial charge in [-0.3, -0.25) is 9.59 Å². The van der Waals surface area contributed by atoms with Gasteiger partial charge >= 0.3 is 0 Å². The molecule has 0 bridgehead atoms. The molecule has 0 spiro atoms. The summed E-state index contributed by atoms with van der Waals surface area (Å²) < 4.78 is 0. The number of aromatic nitrogens is 2. The number of nitrogens with one attached hydrogen (secondary N) is 1. The van der Waals surface area contributed by atoms with Crippen molar-refractivity contribution >= 4 is 12.0 Å². The number of hydrogen-bond donors (Lipinski definition) is 1. The molecule has 0 aliphatic heterocycles. The number of aromatic amines is 1. The van der Waals surface area contributed by atoms with Gasteiger partial charge in [-0.1, -0.05) is 55.8 Å². The van der Waals surface area contributed by atoms with Crippen LogP contribution in [0.1, 0.15) is 35.8 Å². The van der Waals surface area contributed by atoms with E-state index in [2.05, 4.69) is 17.1 Å². The number of hydrogen-bond acceptors (Lipinski definition) is 3. The van der Waals surface area contributed by atoms with Gasteiger partial charge < -0.3 is 4.90 Å². The molecular formula is C18H21N3O2. The van der Waals surface area contributed by atoms with Crippen molar-refractivity contribution in [1.82, 2.24) is 15.1 Å². The van der Waals surface area contributed by atoms with Crippen LogP contribution < -0.4 is 5.56 Å². The molecule has 0 radical (unpaired) electrons. The molecule has 0 unspecified atom stereocenters. The Morgan fingerprint density at radius 3 is 2.65 bits per heavy atom. The van der Waals surface area contributed by atoms with E-state index in [1.807, 2.05) is 42.5 Å². The van der Waals surface area contributed by atoms with E-state index in [9.17, 15) is 9.59 Å². The molecule has 1 heterocycles. The minimum Gasteiger partial charge on any atom is -0.334 e. The van der Waals surface area contributed by atoms with E-state index < -0.39 is 0 Å². The highest BCUT2D eigenvalue weighted by Crippen LogP contribution is 2.05. The van der Waals surface area contributed by atoms with Gasteiger partial charge in [-0.05, 0) is 18.1 Å². The van der Waals surface area contributed by atoms with Crippen molar-refractivity contribution in [2.75, 3.05) is 13.1 Å². The summed E-state index contributed by atoms with van der Waals surface area (Å²) in [7, 11) is 0. The molecule has 1 amide bonds. The quantitative estimate of drug-likeness (QED) is 0.855. The van der Waals surface area contributed by atoms with Gasteiger partial charge in [-0.25, -0.2) is 5.10 Å². The fourth-order valence-corrected chi connectivity index (χ4v) is 2.13. The number of nitrogens with zero attached hydrogens (tertiary/aromatic N) is 2. The fraction of sp³-hybridized carbons (Fsp3) is 0.278. The molecular weight excluding hydrogens is 290 g/mol. The molecule has 5 heteroatoms. The molecule has 0 aliphatic rings. The number of rotatable bonds is 7. The summed E-state index contributed by atoms with van der Waals surface area (Å²) in [5.74, 6) is -0.174. The largest absolute Gasteiger partial charge is 0.334 e. The van der Waals surface area contributed by atoms with Gasteiger partial charge in [0.1, 0.15) is 5.69 Å². The van der Waals surface area contributed by atoms with Crippen molar-refractivity contribution in [3.05, 3.63) is 70.2 Å². The lowest BCUT2D eigenvalue weighted by Gasteiger charge is -2.20. The molecule has 0 saturated carbocycles. The average Bonchev–Trinajstić information content (AvgIpc) is 2.59. The first-order valence-corrected chi connectivity index (χ1v) is 7.77. The Bertz CT molecular complexity index is 687. The van der Waals surface area contributed by atoms with Crippen molar-refractivity contribution in [3.8, 4) is 0 Å². The highest BCUT2D eigenvalue weighted by molar-refractivity contribution is 5.92. The smallest absolute Gasteiger partial charge is 0.274 e. The van der Waals surface area contributed by atoms with Crippen LogP contribution in [0.5, 0.6) is 0 Å². The van der Waals surface area contributed by atoms with E-state index in [4.69, 9.17) is 0 Å². The van der Waals surface area contributed by atoms with Crippen molar-refractivity contribution in [2.45, 2.75) is 19.8 Å². The predicted molar refractivity (Wildman–Crippen MR) is 91.1 cm³/mol. The van der Waals surface area contributed by atoms with Gasteiger partial charge in [0, 0.05) is 19.2 Å². The van der Waals surface area contributed by atoms with Crippen LogP contribution >= 0.6 is 0 Å². The molecule has 2 aromatic rings. The lowest BCUT2D eigenvalue weighted by molar-refractivity contribution is 0.0765. The third-order valence-electron chi connectivity index (χ3n) is 3.40. The Hall–Kier alpha value is -2.69. The zero-order valence-electron chi connectivity index (χ0n) is 13.2. The number of carbonyl (C=O) groups excluding carboxylic acids is 1. The van der Waals surface area contributed by atoms with Crippen molar-refractivity contribution in [3.63, 3.8) is 0 Å². The minimum atomic E-state index is -0.314. The molecule has 0 atom stereocenters. The van der Waals surface area contributed by atoms with Crippen LogP contribution in [0.3, 0.4) is 0 Å². The van der Waals surface area contributed by atoms with Crippen LogP contribution in [0.15, 0.2) is 53.3 Å². The number of unbranched alkanes of at least 4 members (excludes halogenated alkanes) is 1. The molecule has 0 fully saturated rings. The van der Waals surface area contributed by atoms with Gasteiger partial charge in [0.15, 0.2) is 0 Å². The van der Waals surface area contributed by atoms with Crippen LogP contribution in [0.2, 0.25) is 0 Å². The first-order chi connectivity index (χ1) is 11.2. The van der Waals surface area contributed by atoms with Crippen LogP contribution in [-0.2, 0) is 0 Å². The predicted octanol–water partition coefficient (Wildman–Crippen LogP) is 2.73. The molecule has 1 aromatic heterocycles. The number of H-pyrrole nitrogens is 1. The zero-order chi connectivity index (χ0) is 16.5. The standard InChI is InChI=1S/C18H21N3O2/c1-2-3-13-21(14-7-10-15-8-5-4-6-9-15)18(23)16-11-12-17(22)20-19-16/h4-12H,2-3,13-14H2,1H3,(H,20,22)/b10-7+. The maximum absolute atomic E-state index is 12.5. The molecule has 1 N–H and O–H groups in total. The first kappa shape index (κ1) is 16.7. The number of carbonyl (C=O) groups is 1. The minimum absolute atomic E-state index is 0.174. The first-order valence-electron chi connectivity index (χ1n) is 7.77. The van der Waals surface area contributed by atoms with Crippen molar-refractivity contribution in [1.29, 1.82) is 0 Å². The second-order valence-corrected chi connectivity index (χ2v) is 5.22. The third-order valence-corrected chi connectivity index (χ3v) is 3.40. The maximum Gasteiger partial charge on any atom is 0.274 e. The topological polar surface area (TPSA) is 66.1 Å². The Labute approximate surface area is 135 Å². The summed E-state index contributed by atoms with van der Waals surface area (Å²) in [4.78, 5) is 25.3. The van der Waals surface area contributed by atoms with E-state index in [1.165, 1.54) is 12.1 Å². The van der Waals surface area contributed by atoms with Gasteiger partial charge in [-0.15, -0.1) is 0 Å². The summed E-state index contributed by atoms with van der Waals surface area (Å²) in [5, 5.41) is 6.12. The van der Waals surface area contributed by atoms with Crippen molar-refractivity contribution in [2.24, 2.45) is 0 Å². The molecule has 120 valence electrons. The molecule has 0 saturated heterocycles. The van der Waals surface area contributed by atoms with Crippen LogP contribution in [0, 0.1) is 0 Å². The van der Waals surface area contributed by atoms with Crippen LogP contribution in [-0.4, -0.2) is 34.1 Å². The lowest BCUT2D eigenvalue weighted by Crippen LogP contribution is -2.33. The second kappa shape index (κ2) is 8.68. The summed E-state index contributed by atoms with van der Waals surface area (Å²) in [6, 6.07) is 12.7. The van der Waals surface area contributed by atoms with Gasteiger partial charge in [-0.2, -0.15) is 5.10 Å². The van der Waals surface area contributed by atoms with Crippen LogP contribution in [0.4, 0.5) is 0 Å². The Morgan fingerprint density at radius 1 is 1.22 bits per heavy atom. The van der Waals surface area contributed by atoms with E-state index in [0.717, 1.165) is 18.4 Å². The molecule has 23 heavy (non-hydrogen) atoms. The second-order valence-electron chi connectivity index (χ2n) is 5.22. The third kappa shape index (κ3) is 5.21.